The molecular weight excluding hydrogens is 306 g/mol. The second-order valence-corrected chi connectivity index (χ2v) is 6.58. The lowest BCUT2D eigenvalue weighted by molar-refractivity contribution is 0.248. The molecule has 1 aliphatic heterocycles. The van der Waals surface area contributed by atoms with E-state index < -0.39 is 0 Å². The van der Waals surface area contributed by atoms with E-state index in [0.717, 1.165) is 24.6 Å². The average molecular weight is 329 g/mol. The molecule has 0 aliphatic carbocycles. The van der Waals surface area contributed by atoms with Crippen LogP contribution in [0.1, 0.15) is 30.0 Å². The lowest BCUT2D eigenvalue weighted by atomic mass is 10.1. The quantitative estimate of drug-likeness (QED) is 0.700. The maximum absolute atomic E-state index is 4.62. The number of hydrogen-bond acceptors (Lipinski definition) is 3. The first kappa shape index (κ1) is 15.9. The van der Waals surface area contributed by atoms with Gasteiger partial charge in [0.15, 0.2) is 0 Å². The Morgan fingerprint density at radius 1 is 0.920 bits per heavy atom. The van der Waals surface area contributed by atoms with Crippen LogP contribution in [0.15, 0.2) is 79.0 Å². The van der Waals surface area contributed by atoms with Crippen LogP contribution < -0.4 is 5.32 Å². The van der Waals surface area contributed by atoms with Crippen LogP contribution in [0.3, 0.4) is 0 Å². The van der Waals surface area contributed by atoms with E-state index in [4.69, 9.17) is 0 Å². The van der Waals surface area contributed by atoms with E-state index in [0.29, 0.717) is 6.04 Å². The molecule has 4 rings (SSSR count). The Kier molecular flexibility index (Phi) is 4.75. The number of para-hydroxylation sites is 1. The number of nitrogens with zero attached hydrogens (tertiary/aromatic N) is 2. The van der Waals surface area contributed by atoms with Crippen molar-refractivity contribution in [2.75, 3.05) is 11.9 Å². The van der Waals surface area contributed by atoms with Gasteiger partial charge in [-0.3, -0.25) is 4.90 Å². The largest absolute Gasteiger partial charge is 0.340 e. The summed E-state index contributed by atoms with van der Waals surface area (Å²) in [6, 6.07) is 25.7. The normalized spacial score (nSPS) is 17.5. The van der Waals surface area contributed by atoms with Gasteiger partial charge >= 0.3 is 0 Å². The van der Waals surface area contributed by atoms with Crippen LogP contribution >= 0.6 is 0 Å². The molecule has 0 bridgehead atoms. The van der Waals surface area contributed by atoms with E-state index in [1.165, 1.54) is 24.0 Å². The van der Waals surface area contributed by atoms with E-state index in [2.05, 4.69) is 57.7 Å². The van der Waals surface area contributed by atoms with Crippen LogP contribution in [0.5, 0.6) is 0 Å². The summed E-state index contributed by atoms with van der Waals surface area (Å²) >= 11 is 0. The van der Waals surface area contributed by atoms with Gasteiger partial charge in [-0.1, -0.05) is 54.6 Å². The van der Waals surface area contributed by atoms with E-state index >= 15 is 0 Å². The van der Waals surface area contributed by atoms with Crippen molar-refractivity contribution in [1.29, 1.82) is 0 Å². The van der Waals surface area contributed by atoms with Crippen LogP contribution in [0.4, 0.5) is 11.5 Å². The smallest absolute Gasteiger partial charge is 0.130 e. The van der Waals surface area contributed by atoms with Crippen molar-refractivity contribution in [3.05, 3.63) is 90.1 Å². The molecule has 1 atom stereocenters. The fourth-order valence-corrected chi connectivity index (χ4v) is 3.56. The van der Waals surface area contributed by atoms with Gasteiger partial charge in [-0.25, -0.2) is 4.98 Å². The predicted octanol–water partition coefficient (Wildman–Crippen LogP) is 5.16. The van der Waals surface area contributed by atoms with Gasteiger partial charge in [0.2, 0.25) is 0 Å². The summed E-state index contributed by atoms with van der Waals surface area (Å²) in [5.74, 6) is 0.891. The fraction of sp³-hybridized carbons (Fsp3) is 0.227. The Bertz CT molecular complexity index is 785. The maximum atomic E-state index is 4.62. The van der Waals surface area contributed by atoms with E-state index in [1.54, 1.807) is 0 Å². The summed E-state index contributed by atoms with van der Waals surface area (Å²) in [5, 5.41) is 3.35. The zero-order valence-electron chi connectivity index (χ0n) is 14.3. The minimum absolute atomic E-state index is 0.471. The topological polar surface area (TPSA) is 28.2 Å². The summed E-state index contributed by atoms with van der Waals surface area (Å²) in [5.41, 5.74) is 3.76. The summed E-state index contributed by atoms with van der Waals surface area (Å²) in [6.07, 6.45) is 4.49. The first-order valence-electron chi connectivity index (χ1n) is 8.94. The number of hydrogen-bond donors (Lipinski definition) is 1. The van der Waals surface area contributed by atoms with Crippen LogP contribution in [-0.2, 0) is 6.54 Å². The molecule has 1 saturated heterocycles. The molecule has 126 valence electrons. The van der Waals surface area contributed by atoms with Crippen LogP contribution in [0.2, 0.25) is 0 Å². The summed E-state index contributed by atoms with van der Waals surface area (Å²) in [6.45, 7) is 2.17. The first-order valence-corrected chi connectivity index (χ1v) is 8.94. The van der Waals surface area contributed by atoms with Gasteiger partial charge in [0.1, 0.15) is 5.82 Å². The Morgan fingerprint density at radius 2 is 1.68 bits per heavy atom. The molecule has 3 heteroatoms. The second-order valence-electron chi connectivity index (χ2n) is 6.58. The highest BCUT2D eigenvalue weighted by molar-refractivity contribution is 5.55. The summed E-state index contributed by atoms with van der Waals surface area (Å²) < 4.78 is 0. The molecule has 0 radical (unpaired) electrons. The number of pyridine rings is 1. The molecule has 2 aromatic carbocycles. The van der Waals surface area contributed by atoms with Crippen LogP contribution in [0, 0.1) is 0 Å². The Labute approximate surface area is 149 Å². The Hall–Kier alpha value is -2.65. The lowest BCUT2D eigenvalue weighted by Crippen LogP contribution is -2.22. The molecule has 1 unspecified atom stereocenters. The third-order valence-electron chi connectivity index (χ3n) is 4.81. The molecule has 1 aliphatic rings. The van der Waals surface area contributed by atoms with Crippen molar-refractivity contribution in [3.63, 3.8) is 0 Å². The molecule has 1 N–H and O–H groups in total. The molecule has 3 nitrogen and oxygen atoms in total. The molecule has 0 amide bonds. The van der Waals surface area contributed by atoms with E-state index in [9.17, 15) is 0 Å². The highest BCUT2D eigenvalue weighted by Crippen LogP contribution is 2.33. The van der Waals surface area contributed by atoms with Gasteiger partial charge in [0, 0.05) is 24.5 Å². The molecule has 25 heavy (non-hydrogen) atoms. The number of anilines is 2. The molecule has 3 aromatic rings. The molecular formula is C22H23N3. The first-order chi connectivity index (χ1) is 12.4. The van der Waals surface area contributed by atoms with Crippen molar-refractivity contribution in [3.8, 4) is 0 Å². The highest BCUT2D eigenvalue weighted by atomic mass is 15.2. The van der Waals surface area contributed by atoms with Gasteiger partial charge < -0.3 is 5.32 Å². The molecule has 0 spiro atoms. The monoisotopic (exact) mass is 329 g/mol. The summed E-state index contributed by atoms with van der Waals surface area (Å²) in [4.78, 5) is 7.19. The van der Waals surface area contributed by atoms with E-state index in [1.807, 2.05) is 36.5 Å². The molecule has 0 saturated carbocycles. The lowest BCUT2D eigenvalue weighted by Gasteiger charge is -2.24. The second kappa shape index (κ2) is 7.49. The average Bonchev–Trinajstić information content (AvgIpc) is 3.12. The number of likely N-dealkylation sites (tertiary alicyclic amines) is 1. The molecule has 2 heterocycles. The van der Waals surface area contributed by atoms with E-state index in [-0.39, 0.29) is 0 Å². The van der Waals surface area contributed by atoms with Gasteiger partial charge in [0.25, 0.3) is 0 Å². The number of aromatic nitrogens is 1. The standard InChI is InChI=1S/C22H23N3/c1-3-8-18(9-4-1)17-25-15-7-12-21(25)19-13-14-22(23-16-19)24-20-10-5-2-6-11-20/h1-6,8-11,13-14,16,21H,7,12,15,17H2,(H,23,24). The van der Waals surface area contributed by atoms with Gasteiger partial charge in [-0.2, -0.15) is 0 Å². The SMILES string of the molecule is c1ccc(CN2CCCC2c2ccc(Nc3ccccc3)nc2)cc1. The minimum Gasteiger partial charge on any atom is -0.340 e. The zero-order valence-corrected chi connectivity index (χ0v) is 14.3. The van der Waals surface area contributed by atoms with Gasteiger partial charge in [-0.15, -0.1) is 0 Å². The van der Waals surface area contributed by atoms with Crippen molar-refractivity contribution in [2.24, 2.45) is 0 Å². The highest BCUT2D eigenvalue weighted by Gasteiger charge is 2.26. The molecule has 1 fully saturated rings. The number of benzene rings is 2. The van der Waals surface area contributed by atoms with Crippen LogP contribution in [-0.4, -0.2) is 16.4 Å². The maximum Gasteiger partial charge on any atom is 0.130 e. The Morgan fingerprint density at radius 3 is 2.40 bits per heavy atom. The number of nitrogens with one attached hydrogen (secondary N) is 1. The number of rotatable bonds is 5. The zero-order chi connectivity index (χ0) is 16.9. The summed E-state index contributed by atoms with van der Waals surface area (Å²) in [7, 11) is 0. The van der Waals surface area contributed by atoms with Crippen molar-refractivity contribution in [2.45, 2.75) is 25.4 Å². The molecule has 1 aromatic heterocycles. The van der Waals surface area contributed by atoms with Crippen molar-refractivity contribution < 1.29 is 0 Å². The third kappa shape index (κ3) is 3.89. The fourth-order valence-electron chi connectivity index (χ4n) is 3.56. The van der Waals surface area contributed by atoms with Gasteiger partial charge in [0.05, 0.1) is 0 Å². The predicted molar refractivity (Wildman–Crippen MR) is 103 cm³/mol. The minimum atomic E-state index is 0.471. The van der Waals surface area contributed by atoms with Crippen molar-refractivity contribution in [1.82, 2.24) is 9.88 Å². The van der Waals surface area contributed by atoms with Gasteiger partial charge in [-0.05, 0) is 48.7 Å². The Balaban J connectivity index is 1.45. The van der Waals surface area contributed by atoms with Crippen LogP contribution in [0.25, 0.3) is 0 Å². The van der Waals surface area contributed by atoms with Crippen molar-refractivity contribution >= 4 is 11.5 Å². The third-order valence-corrected chi connectivity index (χ3v) is 4.81.